The highest BCUT2D eigenvalue weighted by atomic mass is 16.5. The number of aliphatic hydroxyl groups is 1. The zero-order chi connectivity index (χ0) is 12.0. The Balaban J connectivity index is 2.50. The van der Waals surface area contributed by atoms with Gasteiger partial charge in [-0.25, -0.2) is 0 Å². The number of ether oxygens (including phenoxy) is 2. The van der Waals surface area contributed by atoms with Crippen LogP contribution in [0, 0.1) is 5.92 Å². The zero-order valence-electron chi connectivity index (χ0n) is 10.9. The Morgan fingerprint density at radius 3 is 2.50 bits per heavy atom. The Bertz CT molecular complexity index is 188. The Hall–Kier alpha value is -0.120. The molecule has 1 fully saturated rings. The Morgan fingerprint density at radius 1 is 1.38 bits per heavy atom. The lowest BCUT2D eigenvalue weighted by atomic mass is 9.82. The lowest BCUT2D eigenvalue weighted by Crippen LogP contribution is -2.49. The molecule has 0 spiro atoms. The molecule has 1 aliphatic rings. The van der Waals surface area contributed by atoms with Crippen LogP contribution in [0.15, 0.2) is 0 Å². The van der Waals surface area contributed by atoms with Crippen LogP contribution in [0.25, 0.3) is 0 Å². The van der Waals surface area contributed by atoms with Crippen molar-refractivity contribution in [2.45, 2.75) is 57.7 Å². The van der Waals surface area contributed by atoms with Crippen molar-refractivity contribution in [3.63, 3.8) is 0 Å². The molecule has 1 N–H and O–H groups in total. The summed E-state index contributed by atoms with van der Waals surface area (Å²) in [7, 11) is 1.71. The van der Waals surface area contributed by atoms with Gasteiger partial charge in [0.05, 0.1) is 11.7 Å². The van der Waals surface area contributed by atoms with Gasteiger partial charge in [-0.1, -0.05) is 26.7 Å². The SMILES string of the molecule is CCCC(C)CC(O)C1(OC)CCOCC1. The molecule has 0 aromatic heterocycles. The van der Waals surface area contributed by atoms with Gasteiger partial charge in [-0.15, -0.1) is 0 Å². The van der Waals surface area contributed by atoms with Gasteiger partial charge in [0, 0.05) is 33.2 Å². The van der Waals surface area contributed by atoms with Gasteiger partial charge in [0.2, 0.25) is 0 Å². The van der Waals surface area contributed by atoms with Crippen molar-refractivity contribution >= 4 is 0 Å². The zero-order valence-corrected chi connectivity index (χ0v) is 10.9. The van der Waals surface area contributed by atoms with Crippen LogP contribution >= 0.6 is 0 Å². The predicted octanol–water partition coefficient (Wildman–Crippen LogP) is 2.37. The minimum absolute atomic E-state index is 0.358. The second-order valence-electron chi connectivity index (χ2n) is 5.03. The number of hydrogen-bond donors (Lipinski definition) is 1. The van der Waals surface area contributed by atoms with Crippen molar-refractivity contribution in [2.24, 2.45) is 5.92 Å². The smallest absolute Gasteiger partial charge is 0.0980 e. The topological polar surface area (TPSA) is 38.7 Å². The second-order valence-corrected chi connectivity index (χ2v) is 5.03. The first kappa shape index (κ1) is 13.9. The van der Waals surface area contributed by atoms with Crippen LogP contribution in [0.3, 0.4) is 0 Å². The number of hydrogen-bond acceptors (Lipinski definition) is 3. The van der Waals surface area contributed by atoms with Gasteiger partial charge >= 0.3 is 0 Å². The van der Waals surface area contributed by atoms with Crippen LogP contribution in [0.1, 0.15) is 46.0 Å². The largest absolute Gasteiger partial charge is 0.390 e. The average Bonchev–Trinajstić information content (AvgIpc) is 2.30. The van der Waals surface area contributed by atoms with Crippen molar-refractivity contribution in [2.75, 3.05) is 20.3 Å². The van der Waals surface area contributed by atoms with Crippen LogP contribution < -0.4 is 0 Å². The fraction of sp³-hybridized carbons (Fsp3) is 1.00. The molecule has 0 aliphatic carbocycles. The summed E-state index contributed by atoms with van der Waals surface area (Å²) in [6, 6.07) is 0. The first-order valence-electron chi connectivity index (χ1n) is 6.45. The van der Waals surface area contributed by atoms with Gasteiger partial charge in [0.1, 0.15) is 0 Å². The van der Waals surface area contributed by atoms with E-state index in [1.807, 2.05) is 0 Å². The molecule has 0 aromatic carbocycles. The van der Waals surface area contributed by atoms with E-state index >= 15 is 0 Å². The van der Waals surface area contributed by atoms with Crippen molar-refractivity contribution < 1.29 is 14.6 Å². The van der Waals surface area contributed by atoms with Crippen LogP contribution in [-0.2, 0) is 9.47 Å². The first-order chi connectivity index (χ1) is 7.64. The molecule has 1 heterocycles. The van der Waals surface area contributed by atoms with E-state index in [2.05, 4.69) is 13.8 Å². The highest BCUT2D eigenvalue weighted by molar-refractivity contribution is 4.90. The quantitative estimate of drug-likeness (QED) is 0.761. The summed E-state index contributed by atoms with van der Waals surface area (Å²) in [6.45, 7) is 5.79. The summed E-state index contributed by atoms with van der Waals surface area (Å²) >= 11 is 0. The van der Waals surface area contributed by atoms with Crippen molar-refractivity contribution in [1.82, 2.24) is 0 Å². The van der Waals surface area contributed by atoms with E-state index in [9.17, 15) is 5.11 Å². The lowest BCUT2D eigenvalue weighted by molar-refractivity contribution is -0.156. The molecule has 1 saturated heterocycles. The Kier molecular flexibility index (Phi) is 5.73. The molecule has 0 bridgehead atoms. The molecule has 0 amide bonds. The predicted molar refractivity (Wildman–Crippen MR) is 64.5 cm³/mol. The molecule has 0 saturated carbocycles. The minimum Gasteiger partial charge on any atom is -0.390 e. The third kappa shape index (κ3) is 3.44. The third-order valence-corrected chi connectivity index (χ3v) is 3.76. The normalized spacial score (nSPS) is 24.0. The molecular formula is C13H26O3. The molecule has 0 radical (unpaired) electrons. The van der Waals surface area contributed by atoms with Gasteiger partial charge < -0.3 is 14.6 Å². The maximum absolute atomic E-state index is 10.3. The van der Waals surface area contributed by atoms with Crippen LogP contribution in [0.2, 0.25) is 0 Å². The number of rotatable bonds is 6. The van der Waals surface area contributed by atoms with E-state index in [0.29, 0.717) is 19.1 Å². The standard InChI is InChI=1S/C13H26O3/c1-4-5-11(2)10-12(14)13(15-3)6-8-16-9-7-13/h11-12,14H,4-10H2,1-3H3. The van der Waals surface area contributed by atoms with E-state index in [0.717, 1.165) is 19.3 Å². The lowest BCUT2D eigenvalue weighted by Gasteiger charge is -2.40. The minimum atomic E-state index is -0.361. The van der Waals surface area contributed by atoms with Gasteiger partial charge in [0.15, 0.2) is 0 Å². The van der Waals surface area contributed by atoms with E-state index in [-0.39, 0.29) is 11.7 Å². The molecule has 1 aliphatic heterocycles. The van der Waals surface area contributed by atoms with Gasteiger partial charge in [-0.3, -0.25) is 0 Å². The Morgan fingerprint density at radius 2 is 2.00 bits per heavy atom. The molecule has 2 atom stereocenters. The van der Waals surface area contributed by atoms with Gasteiger partial charge in [0.25, 0.3) is 0 Å². The summed E-state index contributed by atoms with van der Waals surface area (Å²) < 4.78 is 10.9. The van der Waals surface area contributed by atoms with Crippen molar-refractivity contribution in [3.8, 4) is 0 Å². The first-order valence-corrected chi connectivity index (χ1v) is 6.45. The third-order valence-electron chi connectivity index (χ3n) is 3.76. The molecule has 1 rings (SSSR count). The molecule has 96 valence electrons. The van der Waals surface area contributed by atoms with E-state index < -0.39 is 0 Å². The number of methoxy groups -OCH3 is 1. The molecule has 3 nitrogen and oxygen atoms in total. The maximum atomic E-state index is 10.3. The molecule has 2 unspecified atom stereocenters. The summed E-state index contributed by atoms with van der Waals surface area (Å²) in [5.41, 5.74) is -0.361. The van der Waals surface area contributed by atoms with Crippen molar-refractivity contribution in [3.05, 3.63) is 0 Å². The fourth-order valence-electron chi connectivity index (χ4n) is 2.60. The monoisotopic (exact) mass is 230 g/mol. The Labute approximate surface area is 99.1 Å². The van der Waals surface area contributed by atoms with Gasteiger partial charge in [-0.05, 0) is 12.3 Å². The van der Waals surface area contributed by atoms with Crippen LogP contribution in [-0.4, -0.2) is 37.1 Å². The van der Waals surface area contributed by atoms with E-state index in [1.165, 1.54) is 12.8 Å². The van der Waals surface area contributed by atoms with E-state index in [4.69, 9.17) is 9.47 Å². The van der Waals surface area contributed by atoms with Crippen LogP contribution in [0.4, 0.5) is 0 Å². The molecule has 0 aromatic rings. The van der Waals surface area contributed by atoms with Crippen molar-refractivity contribution in [1.29, 1.82) is 0 Å². The summed E-state index contributed by atoms with van der Waals surface area (Å²) in [5.74, 6) is 0.565. The molecule has 16 heavy (non-hydrogen) atoms. The highest BCUT2D eigenvalue weighted by Gasteiger charge is 2.39. The second kappa shape index (κ2) is 6.58. The molecular weight excluding hydrogens is 204 g/mol. The summed E-state index contributed by atoms with van der Waals surface area (Å²) in [4.78, 5) is 0. The maximum Gasteiger partial charge on any atom is 0.0980 e. The summed E-state index contributed by atoms with van der Waals surface area (Å²) in [6.07, 6.45) is 4.45. The highest BCUT2D eigenvalue weighted by Crippen LogP contribution is 2.32. The molecule has 3 heteroatoms. The fourth-order valence-corrected chi connectivity index (χ4v) is 2.60. The number of aliphatic hydroxyl groups excluding tert-OH is 1. The van der Waals surface area contributed by atoms with Gasteiger partial charge in [-0.2, -0.15) is 0 Å². The van der Waals surface area contributed by atoms with Crippen LogP contribution in [0.5, 0.6) is 0 Å². The average molecular weight is 230 g/mol. The van der Waals surface area contributed by atoms with E-state index in [1.54, 1.807) is 7.11 Å². The summed E-state index contributed by atoms with van der Waals surface area (Å²) in [5, 5.41) is 10.3.